The lowest BCUT2D eigenvalue weighted by Gasteiger charge is -2.35. The molecule has 11 heavy (non-hydrogen) atoms. The van der Waals surface area contributed by atoms with Crippen LogP contribution in [0.1, 0.15) is 19.3 Å². The van der Waals surface area contributed by atoms with Crippen LogP contribution in [0.15, 0.2) is 0 Å². The van der Waals surface area contributed by atoms with Gasteiger partial charge in [0.1, 0.15) is 0 Å². The van der Waals surface area contributed by atoms with E-state index in [4.69, 9.17) is 10.5 Å². The normalized spacial score (nSPS) is 23.5. The molecular formula is C8H16FNO. The van der Waals surface area contributed by atoms with Crippen LogP contribution in [0.2, 0.25) is 0 Å². The van der Waals surface area contributed by atoms with Gasteiger partial charge in [-0.1, -0.05) is 0 Å². The van der Waals surface area contributed by atoms with E-state index >= 15 is 0 Å². The Kier molecular flexibility index (Phi) is 3.27. The van der Waals surface area contributed by atoms with Gasteiger partial charge in [0.25, 0.3) is 0 Å². The van der Waals surface area contributed by atoms with E-state index in [9.17, 15) is 4.39 Å². The van der Waals surface area contributed by atoms with Gasteiger partial charge < -0.3 is 10.5 Å². The molecule has 0 aromatic carbocycles. The summed E-state index contributed by atoms with van der Waals surface area (Å²) in [6.07, 6.45) is 2.45. The van der Waals surface area contributed by atoms with Crippen LogP contribution in [-0.2, 0) is 4.74 Å². The number of rotatable bonds is 3. The molecule has 0 atom stereocenters. The van der Waals surface area contributed by atoms with Crippen LogP contribution >= 0.6 is 0 Å². The molecule has 0 unspecified atom stereocenters. The second-order valence-corrected chi connectivity index (χ2v) is 3.26. The van der Waals surface area contributed by atoms with E-state index in [1.165, 1.54) is 0 Å². The van der Waals surface area contributed by atoms with Crippen LogP contribution in [0, 0.1) is 5.41 Å². The second kappa shape index (κ2) is 4.02. The third kappa shape index (κ3) is 2.14. The summed E-state index contributed by atoms with van der Waals surface area (Å²) in [4.78, 5) is 0. The summed E-state index contributed by atoms with van der Waals surface area (Å²) < 4.78 is 17.3. The van der Waals surface area contributed by atoms with Crippen LogP contribution in [0.3, 0.4) is 0 Å². The summed E-state index contributed by atoms with van der Waals surface area (Å²) in [5.74, 6) is 0. The Balaban J connectivity index is 2.42. The average Bonchev–Trinajstić information content (AvgIpc) is 2.07. The van der Waals surface area contributed by atoms with Crippen molar-refractivity contribution in [3.05, 3.63) is 0 Å². The predicted octanol–water partition coefficient (Wildman–Crippen LogP) is 1.10. The topological polar surface area (TPSA) is 35.2 Å². The first-order chi connectivity index (χ1) is 5.33. The number of halogens is 1. The minimum Gasteiger partial charge on any atom is -0.381 e. The smallest absolute Gasteiger partial charge is 0.0900 e. The third-order valence-electron chi connectivity index (χ3n) is 2.61. The van der Waals surface area contributed by atoms with Gasteiger partial charge >= 0.3 is 0 Å². The molecule has 1 aliphatic heterocycles. The van der Waals surface area contributed by atoms with Gasteiger partial charge in [-0.05, 0) is 31.2 Å². The number of ether oxygens (including phenoxy) is 1. The fraction of sp³-hybridized carbons (Fsp3) is 1.00. The minimum absolute atomic E-state index is 0.0486. The first-order valence-electron chi connectivity index (χ1n) is 4.17. The van der Waals surface area contributed by atoms with E-state index in [1.54, 1.807) is 0 Å². The van der Waals surface area contributed by atoms with Gasteiger partial charge in [-0.3, -0.25) is 4.39 Å². The van der Waals surface area contributed by atoms with E-state index in [0.717, 1.165) is 26.1 Å². The number of alkyl halides is 1. The zero-order valence-electron chi connectivity index (χ0n) is 6.81. The first kappa shape index (κ1) is 8.94. The van der Waals surface area contributed by atoms with Crippen molar-refractivity contribution in [3.8, 4) is 0 Å². The van der Waals surface area contributed by atoms with Crippen molar-refractivity contribution in [1.82, 2.24) is 0 Å². The van der Waals surface area contributed by atoms with E-state index in [2.05, 4.69) is 0 Å². The highest BCUT2D eigenvalue weighted by molar-refractivity contribution is 4.82. The van der Waals surface area contributed by atoms with E-state index < -0.39 is 0 Å². The maximum absolute atomic E-state index is 12.1. The number of hydrogen-bond acceptors (Lipinski definition) is 2. The van der Waals surface area contributed by atoms with Gasteiger partial charge in [-0.25, -0.2) is 0 Å². The van der Waals surface area contributed by atoms with E-state index in [0.29, 0.717) is 13.0 Å². The van der Waals surface area contributed by atoms with Crippen molar-refractivity contribution >= 4 is 0 Å². The monoisotopic (exact) mass is 161 g/mol. The van der Waals surface area contributed by atoms with E-state index in [1.807, 2.05) is 0 Å². The Labute approximate surface area is 66.9 Å². The lowest BCUT2D eigenvalue weighted by Crippen LogP contribution is -2.37. The van der Waals surface area contributed by atoms with Crippen molar-refractivity contribution in [2.24, 2.45) is 11.1 Å². The molecule has 0 amide bonds. The summed E-state index contributed by atoms with van der Waals surface area (Å²) in [6, 6.07) is 0. The molecule has 1 rings (SSSR count). The van der Waals surface area contributed by atoms with Crippen LogP contribution in [0.5, 0.6) is 0 Å². The molecule has 1 aliphatic rings. The van der Waals surface area contributed by atoms with Gasteiger partial charge in [0, 0.05) is 13.2 Å². The summed E-state index contributed by atoms with van der Waals surface area (Å²) in [6.45, 7) is 1.84. The zero-order valence-corrected chi connectivity index (χ0v) is 6.81. The Hall–Kier alpha value is -0.150. The van der Waals surface area contributed by atoms with Crippen LogP contribution in [0.25, 0.3) is 0 Å². The highest BCUT2D eigenvalue weighted by atomic mass is 19.1. The molecule has 1 fully saturated rings. The third-order valence-corrected chi connectivity index (χ3v) is 2.61. The van der Waals surface area contributed by atoms with Crippen molar-refractivity contribution in [1.29, 1.82) is 0 Å². The summed E-state index contributed by atoms with van der Waals surface area (Å²) in [7, 11) is 0. The average molecular weight is 161 g/mol. The molecule has 0 aliphatic carbocycles. The van der Waals surface area contributed by atoms with Crippen molar-refractivity contribution in [2.45, 2.75) is 19.3 Å². The molecule has 66 valence electrons. The molecule has 3 heteroatoms. The largest absolute Gasteiger partial charge is 0.381 e. The fourth-order valence-electron chi connectivity index (χ4n) is 1.56. The van der Waals surface area contributed by atoms with Crippen molar-refractivity contribution in [3.63, 3.8) is 0 Å². The fourth-order valence-corrected chi connectivity index (χ4v) is 1.56. The summed E-state index contributed by atoms with van der Waals surface area (Å²) in [5, 5.41) is 0. The number of nitrogens with two attached hydrogens (primary N) is 1. The van der Waals surface area contributed by atoms with Crippen molar-refractivity contribution < 1.29 is 9.13 Å². The van der Waals surface area contributed by atoms with Crippen LogP contribution in [0.4, 0.5) is 4.39 Å². The standard InChI is InChI=1S/C8H16FNO/c9-4-1-8(7-10)2-5-11-6-3-8/h1-7,10H2. The highest BCUT2D eigenvalue weighted by Crippen LogP contribution is 2.32. The van der Waals surface area contributed by atoms with Gasteiger partial charge in [-0.15, -0.1) is 0 Å². The van der Waals surface area contributed by atoms with Gasteiger partial charge in [0.2, 0.25) is 0 Å². The number of hydrogen-bond donors (Lipinski definition) is 1. The Morgan fingerprint density at radius 3 is 2.45 bits per heavy atom. The summed E-state index contributed by atoms with van der Waals surface area (Å²) in [5.41, 5.74) is 5.65. The molecular weight excluding hydrogens is 145 g/mol. The maximum atomic E-state index is 12.1. The minimum atomic E-state index is -0.253. The van der Waals surface area contributed by atoms with Gasteiger partial charge in [-0.2, -0.15) is 0 Å². The molecule has 2 nitrogen and oxygen atoms in total. The van der Waals surface area contributed by atoms with Crippen molar-refractivity contribution in [2.75, 3.05) is 26.4 Å². The lowest BCUT2D eigenvalue weighted by molar-refractivity contribution is 0.0118. The first-order valence-corrected chi connectivity index (χ1v) is 4.17. The zero-order chi connectivity index (χ0) is 8.16. The molecule has 0 aromatic heterocycles. The molecule has 0 saturated carbocycles. The van der Waals surface area contributed by atoms with Crippen LogP contribution < -0.4 is 5.73 Å². The Bertz CT molecular complexity index is 107. The molecule has 0 bridgehead atoms. The molecule has 1 heterocycles. The summed E-state index contributed by atoms with van der Waals surface area (Å²) >= 11 is 0. The Morgan fingerprint density at radius 2 is 2.00 bits per heavy atom. The quantitative estimate of drug-likeness (QED) is 0.672. The van der Waals surface area contributed by atoms with Gasteiger partial charge in [0.05, 0.1) is 6.67 Å². The Morgan fingerprint density at radius 1 is 1.36 bits per heavy atom. The predicted molar refractivity (Wildman–Crippen MR) is 42.1 cm³/mol. The molecule has 0 spiro atoms. The molecule has 2 N–H and O–H groups in total. The molecule has 1 saturated heterocycles. The highest BCUT2D eigenvalue weighted by Gasteiger charge is 2.30. The second-order valence-electron chi connectivity index (χ2n) is 3.26. The molecule has 0 aromatic rings. The molecule has 0 radical (unpaired) electrons. The van der Waals surface area contributed by atoms with E-state index in [-0.39, 0.29) is 12.1 Å². The van der Waals surface area contributed by atoms with Gasteiger partial charge in [0.15, 0.2) is 0 Å². The SMILES string of the molecule is NCC1(CCF)CCOCC1. The lowest BCUT2D eigenvalue weighted by atomic mass is 9.78. The van der Waals surface area contributed by atoms with Crippen LogP contribution in [-0.4, -0.2) is 26.4 Å². The maximum Gasteiger partial charge on any atom is 0.0900 e.